The molecule has 0 radical (unpaired) electrons. The summed E-state index contributed by atoms with van der Waals surface area (Å²) in [4.78, 5) is 18.9. The van der Waals surface area contributed by atoms with Crippen LogP contribution >= 0.6 is 11.6 Å². The predicted molar refractivity (Wildman–Crippen MR) is 118 cm³/mol. The van der Waals surface area contributed by atoms with E-state index in [1.54, 1.807) is 18.1 Å². The first-order valence-corrected chi connectivity index (χ1v) is 10.5. The molecule has 1 aliphatic heterocycles. The van der Waals surface area contributed by atoms with Crippen molar-refractivity contribution in [3.63, 3.8) is 0 Å². The third-order valence-electron chi connectivity index (χ3n) is 5.15. The van der Waals surface area contributed by atoms with Gasteiger partial charge in [-0.15, -0.1) is 0 Å². The van der Waals surface area contributed by atoms with Gasteiger partial charge < -0.3 is 18.9 Å². The molecule has 3 aromatic rings. The molecule has 1 amide bonds. The smallest absolute Gasteiger partial charge is 0.232 e. The molecule has 1 aromatic heterocycles. The highest BCUT2D eigenvalue weighted by Gasteiger charge is 2.35. The lowest BCUT2D eigenvalue weighted by atomic mass is 10.1. The molecule has 1 unspecified atom stereocenters. The second kappa shape index (κ2) is 8.59. The van der Waals surface area contributed by atoms with Crippen LogP contribution in [-0.4, -0.2) is 35.8 Å². The Balaban J connectivity index is 1.54. The van der Waals surface area contributed by atoms with E-state index >= 15 is 0 Å². The molecule has 0 aliphatic carbocycles. The average Bonchev–Trinajstić information content (AvgIpc) is 3.37. The number of anilines is 1. The number of aromatic nitrogens is 2. The van der Waals surface area contributed by atoms with Gasteiger partial charge in [-0.3, -0.25) is 4.79 Å². The quantitative estimate of drug-likeness (QED) is 0.534. The van der Waals surface area contributed by atoms with Crippen LogP contribution in [0.5, 0.6) is 11.5 Å². The van der Waals surface area contributed by atoms with Crippen molar-refractivity contribution in [3.8, 4) is 22.9 Å². The summed E-state index contributed by atoms with van der Waals surface area (Å²) in [6.45, 7) is 6.30. The van der Waals surface area contributed by atoms with E-state index in [4.69, 9.17) is 25.6 Å². The van der Waals surface area contributed by atoms with E-state index in [1.807, 2.05) is 51.1 Å². The highest BCUT2D eigenvalue weighted by molar-refractivity contribution is 6.31. The first kappa shape index (κ1) is 21.2. The highest BCUT2D eigenvalue weighted by Crippen LogP contribution is 2.35. The van der Waals surface area contributed by atoms with E-state index in [9.17, 15) is 4.79 Å². The zero-order valence-corrected chi connectivity index (χ0v) is 18.6. The summed E-state index contributed by atoms with van der Waals surface area (Å²) in [6, 6.07) is 11.1. The Morgan fingerprint density at radius 3 is 2.71 bits per heavy atom. The summed E-state index contributed by atoms with van der Waals surface area (Å²) in [6.07, 6.45) is 0.345. The number of hydrogen-bond donors (Lipinski definition) is 0. The molecule has 2 aromatic carbocycles. The van der Waals surface area contributed by atoms with Gasteiger partial charge >= 0.3 is 0 Å². The van der Waals surface area contributed by atoms with Gasteiger partial charge in [0.1, 0.15) is 0 Å². The zero-order chi connectivity index (χ0) is 22.1. The molecular formula is C23H24ClN3O4. The summed E-state index contributed by atoms with van der Waals surface area (Å²) < 4.78 is 16.7. The van der Waals surface area contributed by atoms with Gasteiger partial charge in [0.25, 0.3) is 0 Å². The van der Waals surface area contributed by atoms with E-state index in [2.05, 4.69) is 10.1 Å². The maximum Gasteiger partial charge on any atom is 0.232 e. The molecule has 0 bridgehead atoms. The average molecular weight is 442 g/mol. The number of ether oxygens (including phenoxy) is 2. The molecule has 1 saturated heterocycles. The van der Waals surface area contributed by atoms with Gasteiger partial charge in [-0.25, -0.2) is 0 Å². The summed E-state index contributed by atoms with van der Waals surface area (Å²) in [5.41, 5.74) is 2.49. The number of carbonyl (C=O) groups is 1. The van der Waals surface area contributed by atoms with E-state index in [0.29, 0.717) is 41.2 Å². The zero-order valence-electron chi connectivity index (χ0n) is 17.9. The Labute approximate surface area is 185 Å². The predicted octanol–water partition coefficient (Wildman–Crippen LogP) is 5.01. The van der Waals surface area contributed by atoms with E-state index in [-0.39, 0.29) is 17.9 Å². The van der Waals surface area contributed by atoms with Crippen molar-refractivity contribution < 1.29 is 18.8 Å². The van der Waals surface area contributed by atoms with Crippen LogP contribution in [0.15, 0.2) is 40.9 Å². The summed E-state index contributed by atoms with van der Waals surface area (Å²) in [7, 11) is 1.59. The first-order valence-electron chi connectivity index (χ1n) is 10.1. The van der Waals surface area contributed by atoms with E-state index < -0.39 is 0 Å². The van der Waals surface area contributed by atoms with Crippen molar-refractivity contribution in [2.75, 3.05) is 18.6 Å². The van der Waals surface area contributed by atoms with Crippen molar-refractivity contribution in [1.82, 2.24) is 10.1 Å². The Morgan fingerprint density at radius 1 is 1.19 bits per heavy atom. The largest absolute Gasteiger partial charge is 0.493 e. The molecule has 1 fully saturated rings. The fourth-order valence-corrected chi connectivity index (χ4v) is 3.71. The monoisotopic (exact) mass is 441 g/mol. The number of rotatable bonds is 6. The van der Waals surface area contributed by atoms with Crippen LogP contribution in [0.1, 0.15) is 37.6 Å². The van der Waals surface area contributed by atoms with Crippen molar-refractivity contribution >= 4 is 23.2 Å². The summed E-state index contributed by atoms with van der Waals surface area (Å²) in [5.74, 6) is 1.98. The van der Waals surface area contributed by atoms with Crippen LogP contribution in [0, 0.1) is 6.92 Å². The normalized spacial score (nSPS) is 16.3. The minimum absolute atomic E-state index is 0.0170. The van der Waals surface area contributed by atoms with Gasteiger partial charge in [0.2, 0.25) is 17.6 Å². The molecule has 2 heterocycles. The summed E-state index contributed by atoms with van der Waals surface area (Å²) in [5, 5.41) is 4.79. The Kier molecular flexibility index (Phi) is 5.87. The Morgan fingerprint density at radius 2 is 2.00 bits per heavy atom. The number of halogens is 1. The van der Waals surface area contributed by atoms with Crippen LogP contribution in [0.2, 0.25) is 5.02 Å². The van der Waals surface area contributed by atoms with Gasteiger partial charge in [-0.05, 0) is 62.7 Å². The van der Waals surface area contributed by atoms with Gasteiger partial charge in [0.05, 0.1) is 19.1 Å². The van der Waals surface area contributed by atoms with Crippen LogP contribution in [0.4, 0.5) is 5.69 Å². The minimum atomic E-state index is -0.171. The molecule has 1 aliphatic rings. The topological polar surface area (TPSA) is 77.7 Å². The molecule has 0 saturated carbocycles. The Bertz CT molecular complexity index is 1110. The number of nitrogens with zero attached hydrogens (tertiary/aromatic N) is 3. The number of carbonyl (C=O) groups excluding carboxylic acids is 1. The highest BCUT2D eigenvalue weighted by atomic mass is 35.5. The lowest BCUT2D eigenvalue weighted by Gasteiger charge is -2.17. The van der Waals surface area contributed by atoms with Crippen molar-refractivity contribution in [2.45, 2.75) is 39.2 Å². The third-order valence-corrected chi connectivity index (χ3v) is 5.58. The van der Waals surface area contributed by atoms with Gasteiger partial charge in [-0.2, -0.15) is 4.98 Å². The SMILES string of the molecule is COc1cc(-c2noc(C3CC(=O)N(c4ccc(Cl)c(C)c4)C3)n2)ccc1OC(C)C. The summed E-state index contributed by atoms with van der Waals surface area (Å²) >= 11 is 6.11. The second-order valence-electron chi connectivity index (χ2n) is 7.83. The molecule has 0 N–H and O–H groups in total. The molecule has 1 atom stereocenters. The number of aryl methyl sites for hydroxylation is 1. The van der Waals surface area contributed by atoms with Crippen LogP contribution < -0.4 is 14.4 Å². The van der Waals surface area contributed by atoms with Crippen LogP contribution in [-0.2, 0) is 4.79 Å². The third kappa shape index (κ3) is 4.37. The lowest BCUT2D eigenvalue weighted by Crippen LogP contribution is -2.24. The molecule has 7 nitrogen and oxygen atoms in total. The Hall–Kier alpha value is -3.06. The number of benzene rings is 2. The number of methoxy groups -OCH3 is 1. The molecule has 162 valence electrons. The molecule has 31 heavy (non-hydrogen) atoms. The molecular weight excluding hydrogens is 418 g/mol. The minimum Gasteiger partial charge on any atom is -0.493 e. The molecule has 0 spiro atoms. The standard InChI is InChI=1S/C23H24ClN3O4/c1-13(2)30-19-8-5-15(10-20(19)29-4)22-25-23(31-26-22)16-11-21(28)27(12-16)17-6-7-18(24)14(3)9-17/h5-10,13,16H,11-12H2,1-4H3. The first-order chi connectivity index (χ1) is 14.9. The number of hydrogen-bond acceptors (Lipinski definition) is 6. The number of amides is 1. The maximum absolute atomic E-state index is 12.6. The van der Waals surface area contributed by atoms with Gasteiger partial charge in [0.15, 0.2) is 11.5 Å². The van der Waals surface area contributed by atoms with Crippen molar-refractivity contribution in [3.05, 3.63) is 52.9 Å². The molecule has 4 rings (SSSR count). The fourth-order valence-electron chi connectivity index (χ4n) is 3.60. The second-order valence-corrected chi connectivity index (χ2v) is 8.23. The maximum atomic E-state index is 12.6. The van der Waals surface area contributed by atoms with Crippen molar-refractivity contribution in [2.24, 2.45) is 0 Å². The van der Waals surface area contributed by atoms with Crippen LogP contribution in [0.3, 0.4) is 0 Å². The fraction of sp³-hybridized carbons (Fsp3) is 0.348. The molecule has 8 heteroatoms. The van der Waals surface area contributed by atoms with Crippen LogP contribution in [0.25, 0.3) is 11.4 Å². The van der Waals surface area contributed by atoms with E-state index in [1.165, 1.54) is 0 Å². The lowest BCUT2D eigenvalue weighted by molar-refractivity contribution is -0.117. The van der Waals surface area contributed by atoms with Gasteiger partial charge in [-0.1, -0.05) is 16.8 Å². The van der Waals surface area contributed by atoms with Gasteiger partial charge in [0, 0.05) is 29.2 Å². The van der Waals surface area contributed by atoms with Crippen molar-refractivity contribution in [1.29, 1.82) is 0 Å². The van der Waals surface area contributed by atoms with E-state index in [0.717, 1.165) is 16.8 Å².